The highest BCUT2D eigenvalue weighted by molar-refractivity contribution is 7.80. The third-order valence-corrected chi connectivity index (χ3v) is 6.00. The van der Waals surface area contributed by atoms with Gasteiger partial charge >= 0.3 is 0 Å². The first-order valence-electron chi connectivity index (χ1n) is 10.3. The zero-order chi connectivity index (χ0) is 20.2. The fourth-order valence-electron chi connectivity index (χ4n) is 4.22. The van der Waals surface area contributed by atoms with E-state index in [0.717, 1.165) is 42.4 Å². The Balaban J connectivity index is 1.56. The van der Waals surface area contributed by atoms with Crippen molar-refractivity contribution in [2.45, 2.75) is 51.0 Å². The van der Waals surface area contributed by atoms with Crippen LogP contribution in [0.1, 0.15) is 50.5 Å². The van der Waals surface area contributed by atoms with Gasteiger partial charge in [0, 0.05) is 6.04 Å². The Morgan fingerprint density at radius 1 is 0.966 bits per heavy atom. The molecule has 150 valence electrons. The van der Waals surface area contributed by atoms with Gasteiger partial charge in [-0.3, -0.25) is 9.69 Å². The van der Waals surface area contributed by atoms with Crippen LogP contribution < -0.4 is 5.32 Å². The third-order valence-electron chi connectivity index (χ3n) is 5.71. The number of nitrogens with one attached hydrogen (secondary N) is 1. The molecule has 1 saturated heterocycles. The zero-order valence-corrected chi connectivity index (χ0v) is 17.2. The molecule has 2 aromatic carbocycles. The summed E-state index contributed by atoms with van der Waals surface area (Å²) in [6.07, 6.45) is 9.89. The highest BCUT2D eigenvalue weighted by atomic mass is 32.1. The second-order valence-electron chi connectivity index (χ2n) is 7.80. The molecule has 1 saturated carbocycles. The number of nitrogens with zero attached hydrogens (tertiary/aromatic N) is 1. The van der Waals surface area contributed by atoms with Gasteiger partial charge in [0.15, 0.2) is 5.11 Å². The van der Waals surface area contributed by atoms with Gasteiger partial charge in [-0.15, -0.1) is 0 Å². The van der Waals surface area contributed by atoms with E-state index < -0.39 is 0 Å². The lowest BCUT2D eigenvalue weighted by molar-refractivity contribution is -0.124. The van der Waals surface area contributed by atoms with Gasteiger partial charge in [0.05, 0.1) is 0 Å². The van der Waals surface area contributed by atoms with Crippen LogP contribution in [0, 0.1) is 5.82 Å². The summed E-state index contributed by atoms with van der Waals surface area (Å²) < 4.78 is 13.6. The van der Waals surface area contributed by atoms with Gasteiger partial charge in [-0.05, 0) is 66.0 Å². The number of thiocarbonyl (C=S) groups is 1. The quantitative estimate of drug-likeness (QED) is 0.525. The molecule has 2 aliphatic rings. The van der Waals surface area contributed by atoms with Crippen molar-refractivity contribution in [3.63, 3.8) is 0 Å². The largest absolute Gasteiger partial charge is 0.328 e. The van der Waals surface area contributed by atoms with Gasteiger partial charge < -0.3 is 5.32 Å². The smallest absolute Gasteiger partial charge is 0.276 e. The number of carbonyl (C=O) groups is 1. The number of amides is 1. The molecular formula is C24H25FN2OS. The van der Waals surface area contributed by atoms with Gasteiger partial charge in [0.25, 0.3) is 5.91 Å². The minimum Gasteiger partial charge on any atom is -0.328 e. The Hall–Kier alpha value is -2.53. The molecule has 1 aliphatic carbocycles. The van der Waals surface area contributed by atoms with E-state index >= 15 is 0 Å². The average molecular weight is 409 g/mol. The van der Waals surface area contributed by atoms with E-state index in [2.05, 4.69) is 5.32 Å². The van der Waals surface area contributed by atoms with E-state index in [9.17, 15) is 9.18 Å². The van der Waals surface area contributed by atoms with E-state index in [0.29, 0.717) is 10.8 Å². The zero-order valence-electron chi connectivity index (χ0n) is 16.4. The molecule has 1 aliphatic heterocycles. The maximum atomic E-state index is 13.6. The highest BCUT2D eigenvalue weighted by Gasteiger charge is 2.35. The third kappa shape index (κ3) is 4.56. The first-order valence-corrected chi connectivity index (χ1v) is 10.7. The van der Waals surface area contributed by atoms with E-state index in [-0.39, 0.29) is 17.8 Å². The molecule has 4 rings (SSSR count). The second kappa shape index (κ2) is 8.87. The maximum absolute atomic E-state index is 13.6. The lowest BCUT2D eigenvalue weighted by Gasteiger charge is -2.28. The number of benzene rings is 2. The minimum atomic E-state index is -0.265. The van der Waals surface area contributed by atoms with Gasteiger partial charge in [-0.25, -0.2) is 4.39 Å². The van der Waals surface area contributed by atoms with Crippen LogP contribution in [0.25, 0.3) is 17.2 Å². The predicted octanol–water partition coefficient (Wildman–Crippen LogP) is 5.66. The molecule has 0 spiro atoms. The Kier molecular flexibility index (Phi) is 6.05. The minimum absolute atomic E-state index is 0.0447. The molecule has 3 nitrogen and oxygen atoms in total. The number of carbonyl (C=O) groups excluding carboxylic acids is 1. The lowest BCUT2D eigenvalue weighted by atomic mass is 9.96. The van der Waals surface area contributed by atoms with Gasteiger partial charge in [0.2, 0.25) is 0 Å². The van der Waals surface area contributed by atoms with Crippen molar-refractivity contribution in [2.24, 2.45) is 0 Å². The van der Waals surface area contributed by atoms with Crippen molar-refractivity contribution in [1.82, 2.24) is 10.2 Å². The monoisotopic (exact) mass is 408 g/mol. The molecule has 2 aromatic rings. The molecule has 2 fully saturated rings. The SMILES string of the molecule is O=C1C(=Cc2cccc(-c3cccc(F)c3)c2)NC(=S)N1C1CCCCCCC1. The van der Waals surface area contributed by atoms with Crippen LogP contribution in [0.4, 0.5) is 4.39 Å². The van der Waals surface area contributed by atoms with Crippen molar-refractivity contribution in [3.05, 3.63) is 65.6 Å². The summed E-state index contributed by atoms with van der Waals surface area (Å²) in [5, 5.41) is 3.62. The molecule has 0 atom stereocenters. The number of halogens is 1. The van der Waals surface area contributed by atoms with Crippen molar-refractivity contribution in [1.29, 1.82) is 0 Å². The van der Waals surface area contributed by atoms with Crippen LogP contribution in [0.5, 0.6) is 0 Å². The Labute approximate surface area is 176 Å². The summed E-state index contributed by atoms with van der Waals surface area (Å²) in [6, 6.07) is 14.4. The van der Waals surface area contributed by atoms with E-state index in [4.69, 9.17) is 12.2 Å². The molecule has 0 radical (unpaired) electrons. The number of hydrogen-bond acceptors (Lipinski definition) is 2. The van der Waals surface area contributed by atoms with Crippen molar-refractivity contribution in [2.75, 3.05) is 0 Å². The van der Waals surface area contributed by atoms with Crippen LogP contribution in [-0.2, 0) is 4.79 Å². The molecule has 0 bridgehead atoms. The summed E-state index contributed by atoms with van der Waals surface area (Å²) in [7, 11) is 0. The lowest BCUT2D eigenvalue weighted by Crippen LogP contribution is -2.40. The molecule has 1 heterocycles. The van der Waals surface area contributed by atoms with Crippen LogP contribution in [0.15, 0.2) is 54.2 Å². The molecule has 1 N–H and O–H groups in total. The second-order valence-corrected chi connectivity index (χ2v) is 8.18. The molecule has 0 unspecified atom stereocenters. The molecule has 1 amide bonds. The summed E-state index contributed by atoms with van der Waals surface area (Å²) in [5.41, 5.74) is 3.10. The van der Waals surface area contributed by atoms with E-state index in [1.165, 1.54) is 31.4 Å². The van der Waals surface area contributed by atoms with Crippen LogP contribution in [-0.4, -0.2) is 22.0 Å². The summed E-state index contributed by atoms with van der Waals surface area (Å²) in [4.78, 5) is 14.9. The van der Waals surface area contributed by atoms with Crippen molar-refractivity contribution < 1.29 is 9.18 Å². The highest BCUT2D eigenvalue weighted by Crippen LogP contribution is 2.27. The fraction of sp³-hybridized carbons (Fsp3) is 0.333. The van der Waals surface area contributed by atoms with Crippen LogP contribution in [0.3, 0.4) is 0 Å². The normalized spacial score (nSPS) is 19.9. The Bertz CT molecular complexity index is 947. The average Bonchev–Trinajstić information content (AvgIpc) is 2.96. The Morgan fingerprint density at radius 3 is 2.34 bits per heavy atom. The summed E-state index contributed by atoms with van der Waals surface area (Å²) in [5.74, 6) is -0.309. The van der Waals surface area contributed by atoms with E-state index in [1.807, 2.05) is 36.4 Å². The number of rotatable bonds is 3. The molecule has 0 aromatic heterocycles. The van der Waals surface area contributed by atoms with Gasteiger partial charge in [-0.1, -0.05) is 62.4 Å². The standard InChI is InChI=1S/C24H25FN2OS/c25-20-11-7-10-19(16-20)18-9-6-8-17(14-18)15-22-23(28)27(24(29)26-22)21-12-4-2-1-3-5-13-21/h6-11,14-16,21H,1-5,12-13H2,(H,26,29). The first kappa shape index (κ1) is 19.8. The maximum Gasteiger partial charge on any atom is 0.276 e. The topological polar surface area (TPSA) is 32.3 Å². The van der Waals surface area contributed by atoms with Gasteiger partial charge in [0.1, 0.15) is 11.5 Å². The predicted molar refractivity (Wildman–Crippen MR) is 118 cm³/mol. The molecule has 29 heavy (non-hydrogen) atoms. The van der Waals surface area contributed by atoms with Crippen molar-refractivity contribution in [3.8, 4) is 11.1 Å². The van der Waals surface area contributed by atoms with Crippen LogP contribution >= 0.6 is 12.2 Å². The Morgan fingerprint density at radius 2 is 1.62 bits per heavy atom. The fourth-order valence-corrected chi connectivity index (χ4v) is 4.56. The molecule has 5 heteroatoms. The van der Waals surface area contributed by atoms with Crippen LogP contribution in [0.2, 0.25) is 0 Å². The summed E-state index contributed by atoms with van der Waals surface area (Å²) in [6.45, 7) is 0. The van der Waals surface area contributed by atoms with Crippen molar-refractivity contribution >= 4 is 29.3 Å². The summed E-state index contributed by atoms with van der Waals surface area (Å²) >= 11 is 5.50. The van der Waals surface area contributed by atoms with E-state index in [1.54, 1.807) is 11.0 Å². The first-order chi connectivity index (χ1) is 14.1. The molecular weight excluding hydrogens is 383 g/mol. The van der Waals surface area contributed by atoms with Gasteiger partial charge in [-0.2, -0.15) is 0 Å². The number of hydrogen-bond donors (Lipinski definition) is 1.